The lowest BCUT2D eigenvalue weighted by Gasteiger charge is -2.11. The Bertz CT molecular complexity index is 667. The molecule has 0 heterocycles. The van der Waals surface area contributed by atoms with E-state index in [1.54, 1.807) is 12.1 Å². The number of nitrogens with one attached hydrogen (secondary N) is 3. The molecule has 0 saturated heterocycles. The molecular formula is C18H21F2N3O. The smallest absolute Gasteiger partial charge is 0.319 e. The van der Waals surface area contributed by atoms with E-state index in [0.717, 1.165) is 5.56 Å². The highest BCUT2D eigenvalue weighted by molar-refractivity contribution is 5.89. The first-order valence-electron chi connectivity index (χ1n) is 7.76. The first-order chi connectivity index (χ1) is 11.5. The van der Waals surface area contributed by atoms with E-state index in [-0.39, 0.29) is 24.2 Å². The quantitative estimate of drug-likeness (QED) is 0.753. The molecule has 0 radical (unpaired) electrons. The van der Waals surface area contributed by atoms with Crippen LogP contribution in [0.5, 0.6) is 0 Å². The Hall–Kier alpha value is -2.47. The van der Waals surface area contributed by atoms with Crippen LogP contribution in [0.25, 0.3) is 0 Å². The summed E-state index contributed by atoms with van der Waals surface area (Å²) in [5, 5.41) is 8.47. The summed E-state index contributed by atoms with van der Waals surface area (Å²) in [6.45, 7) is 4.33. The molecule has 2 aromatic rings. The maximum atomic E-state index is 13.5. The molecule has 0 fully saturated rings. The molecule has 0 bridgehead atoms. The van der Waals surface area contributed by atoms with Crippen LogP contribution in [-0.2, 0) is 13.1 Å². The van der Waals surface area contributed by atoms with Crippen LogP contribution in [0.1, 0.15) is 25.0 Å². The summed E-state index contributed by atoms with van der Waals surface area (Å²) in [5.74, 6) is -1.11. The van der Waals surface area contributed by atoms with Crippen LogP contribution >= 0.6 is 0 Å². The Morgan fingerprint density at radius 1 is 1.00 bits per heavy atom. The van der Waals surface area contributed by atoms with Crippen molar-refractivity contribution in [1.29, 1.82) is 0 Å². The number of amides is 2. The number of rotatable bonds is 6. The third-order valence-corrected chi connectivity index (χ3v) is 3.32. The highest BCUT2D eigenvalue weighted by Gasteiger charge is 2.07. The van der Waals surface area contributed by atoms with Gasteiger partial charge in [0.05, 0.1) is 0 Å². The fraction of sp³-hybridized carbons (Fsp3) is 0.278. The van der Waals surface area contributed by atoms with Crippen LogP contribution in [0.15, 0.2) is 42.5 Å². The molecule has 3 N–H and O–H groups in total. The first kappa shape index (κ1) is 17.9. The Kier molecular flexibility index (Phi) is 6.26. The van der Waals surface area contributed by atoms with E-state index in [0.29, 0.717) is 12.2 Å². The Balaban J connectivity index is 1.85. The SMILES string of the molecule is CC(C)NC(=O)Nc1ccc(CNCc2c(F)cccc2F)cc1. The minimum atomic E-state index is -0.557. The number of benzene rings is 2. The second kappa shape index (κ2) is 8.40. The standard InChI is InChI=1S/C18H21F2N3O/c1-12(2)22-18(24)23-14-8-6-13(7-9-14)10-21-11-15-16(19)4-3-5-17(15)20/h3-9,12,21H,10-11H2,1-2H3,(H2,22,23,24). The lowest BCUT2D eigenvalue weighted by molar-refractivity contribution is 0.250. The molecule has 6 heteroatoms. The molecule has 0 atom stereocenters. The van der Waals surface area contributed by atoms with Crippen LogP contribution in [0, 0.1) is 11.6 Å². The third-order valence-electron chi connectivity index (χ3n) is 3.32. The molecule has 0 aliphatic rings. The molecule has 2 rings (SSSR count). The van der Waals surface area contributed by atoms with E-state index in [2.05, 4.69) is 16.0 Å². The van der Waals surface area contributed by atoms with Crippen molar-refractivity contribution in [3.8, 4) is 0 Å². The van der Waals surface area contributed by atoms with Gasteiger partial charge in [0.25, 0.3) is 0 Å². The highest BCUT2D eigenvalue weighted by atomic mass is 19.1. The average Bonchev–Trinajstić information content (AvgIpc) is 2.51. The van der Waals surface area contributed by atoms with E-state index in [1.165, 1.54) is 18.2 Å². The van der Waals surface area contributed by atoms with Crippen molar-refractivity contribution in [3.63, 3.8) is 0 Å². The van der Waals surface area contributed by atoms with E-state index in [9.17, 15) is 13.6 Å². The summed E-state index contributed by atoms with van der Waals surface area (Å²) in [5.41, 5.74) is 1.65. The number of carbonyl (C=O) groups is 1. The normalized spacial score (nSPS) is 10.7. The fourth-order valence-corrected chi connectivity index (χ4v) is 2.17. The van der Waals surface area contributed by atoms with Gasteiger partial charge in [-0.2, -0.15) is 0 Å². The van der Waals surface area contributed by atoms with Gasteiger partial charge >= 0.3 is 6.03 Å². The predicted octanol–water partition coefficient (Wildman–Crippen LogP) is 3.78. The summed E-state index contributed by atoms with van der Waals surface area (Å²) in [6, 6.07) is 10.9. The van der Waals surface area contributed by atoms with Gasteiger partial charge in [-0.05, 0) is 43.7 Å². The van der Waals surface area contributed by atoms with Gasteiger partial charge in [-0.1, -0.05) is 18.2 Å². The van der Waals surface area contributed by atoms with E-state index in [4.69, 9.17) is 0 Å². The van der Waals surface area contributed by atoms with Gasteiger partial charge < -0.3 is 16.0 Å². The topological polar surface area (TPSA) is 53.2 Å². The van der Waals surface area contributed by atoms with Crippen molar-refractivity contribution >= 4 is 11.7 Å². The molecule has 0 spiro atoms. The molecule has 0 unspecified atom stereocenters. The molecule has 0 aliphatic heterocycles. The average molecular weight is 333 g/mol. The summed E-state index contributed by atoms with van der Waals surface area (Å²) < 4.78 is 27.0. The number of urea groups is 1. The van der Waals surface area contributed by atoms with Gasteiger partial charge in [0.2, 0.25) is 0 Å². The Morgan fingerprint density at radius 2 is 1.62 bits per heavy atom. The van der Waals surface area contributed by atoms with E-state index >= 15 is 0 Å². The Morgan fingerprint density at radius 3 is 2.21 bits per heavy atom. The maximum Gasteiger partial charge on any atom is 0.319 e. The van der Waals surface area contributed by atoms with Crippen molar-refractivity contribution in [1.82, 2.24) is 10.6 Å². The molecule has 0 aromatic heterocycles. The monoisotopic (exact) mass is 333 g/mol. The second-order valence-corrected chi connectivity index (χ2v) is 5.75. The minimum absolute atomic E-state index is 0.0288. The summed E-state index contributed by atoms with van der Waals surface area (Å²) >= 11 is 0. The number of hydrogen-bond donors (Lipinski definition) is 3. The molecule has 0 saturated carbocycles. The van der Waals surface area contributed by atoms with Gasteiger partial charge in [-0.15, -0.1) is 0 Å². The molecule has 24 heavy (non-hydrogen) atoms. The number of anilines is 1. The molecule has 0 aliphatic carbocycles. The van der Waals surface area contributed by atoms with E-state index in [1.807, 2.05) is 26.0 Å². The van der Waals surface area contributed by atoms with Crippen molar-refractivity contribution in [3.05, 3.63) is 65.2 Å². The lowest BCUT2D eigenvalue weighted by atomic mass is 10.1. The summed E-state index contributed by atoms with van der Waals surface area (Å²) in [7, 11) is 0. The summed E-state index contributed by atoms with van der Waals surface area (Å²) in [6.07, 6.45) is 0. The zero-order chi connectivity index (χ0) is 17.5. The number of carbonyl (C=O) groups excluding carboxylic acids is 1. The van der Waals surface area contributed by atoms with Crippen LogP contribution in [0.2, 0.25) is 0 Å². The minimum Gasteiger partial charge on any atom is -0.336 e. The van der Waals surface area contributed by atoms with Gasteiger partial charge in [-0.25, -0.2) is 13.6 Å². The first-order valence-corrected chi connectivity index (χ1v) is 7.76. The zero-order valence-electron chi connectivity index (χ0n) is 13.7. The fourth-order valence-electron chi connectivity index (χ4n) is 2.17. The molecule has 2 aromatic carbocycles. The Labute approximate surface area is 140 Å². The van der Waals surface area contributed by atoms with Crippen molar-refractivity contribution in [2.45, 2.75) is 33.0 Å². The van der Waals surface area contributed by atoms with Crippen LogP contribution < -0.4 is 16.0 Å². The van der Waals surface area contributed by atoms with Crippen molar-refractivity contribution in [2.24, 2.45) is 0 Å². The van der Waals surface area contributed by atoms with Crippen LogP contribution in [-0.4, -0.2) is 12.1 Å². The van der Waals surface area contributed by atoms with Crippen LogP contribution in [0.3, 0.4) is 0 Å². The molecule has 128 valence electrons. The maximum absolute atomic E-state index is 13.5. The van der Waals surface area contributed by atoms with Gasteiger partial charge in [0, 0.05) is 30.4 Å². The third kappa shape index (κ3) is 5.31. The van der Waals surface area contributed by atoms with Crippen LogP contribution in [0.4, 0.5) is 19.3 Å². The van der Waals surface area contributed by atoms with Gasteiger partial charge in [0.1, 0.15) is 11.6 Å². The second-order valence-electron chi connectivity index (χ2n) is 5.75. The van der Waals surface area contributed by atoms with Crippen molar-refractivity contribution in [2.75, 3.05) is 5.32 Å². The van der Waals surface area contributed by atoms with Gasteiger partial charge in [-0.3, -0.25) is 0 Å². The summed E-state index contributed by atoms with van der Waals surface area (Å²) in [4.78, 5) is 11.6. The largest absolute Gasteiger partial charge is 0.336 e. The molecule has 2 amide bonds. The number of halogens is 2. The van der Waals surface area contributed by atoms with E-state index < -0.39 is 11.6 Å². The van der Waals surface area contributed by atoms with Gasteiger partial charge in [0.15, 0.2) is 0 Å². The lowest BCUT2D eigenvalue weighted by Crippen LogP contribution is -2.34. The number of hydrogen-bond acceptors (Lipinski definition) is 2. The van der Waals surface area contributed by atoms with Crippen molar-refractivity contribution < 1.29 is 13.6 Å². The molecular weight excluding hydrogens is 312 g/mol. The molecule has 4 nitrogen and oxygen atoms in total. The highest BCUT2D eigenvalue weighted by Crippen LogP contribution is 2.13. The predicted molar refractivity (Wildman–Crippen MR) is 90.6 cm³/mol. The zero-order valence-corrected chi connectivity index (χ0v) is 13.7.